The third kappa shape index (κ3) is 10.7. The van der Waals surface area contributed by atoms with Gasteiger partial charge in [-0.2, -0.15) is 4.91 Å². The van der Waals surface area contributed by atoms with Crippen molar-refractivity contribution in [3.63, 3.8) is 0 Å². The van der Waals surface area contributed by atoms with Gasteiger partial charge in [-0.3, -0.25) is 9.97 Å². The summed E-state index contributed by atoms with van der Waals surface area (Å²) in [6.07, 6.45) is 3.68. The van der Waals surface area contributed by atoms with Crippen molar-refractivity contribution in [2.24, 2.45) is 10.3 Å². The van der Waals surface area contributed by atoms with Gasteiger partial charge < -0.3 is 4.84 Å². The van der Waals surface area contributed by atoms with E-state index in [1.54, 1.807) is 73.1 Å². The molecular formula is C49H37BrCl2F2N4O3. The molecule has 0 saturated carbocycles. The second-order valence-electron chi connectivity index (χ2n) is 14.6. The van der Waals surface area contributed by atoms with Crippen molar-refractivity contribution < 1.29 is 18.4 Å². The molecule has 5 aromatic carbocycles. The van der Waals surface area contributed by atoms with Gasteiger partial charge in [-0.25, -0.2) is 13.6 Å². The molecule has 0 bridgehead atoms. The van der Waals surface area contributed by atoms with Gasteiger partial charge in [0.15, 0.2) is 0 Å². The number of hydrogen-bond acceptors (Lipinski definition) is 7. The number of pyridine rings is 2. The molecule has 306 valence electrons. The first-order valence-corrected chi connectivity index (χ1v) is 20.8. The van der Waals surface area contributed by atoms with Crippen LogP contribution in [0.15, 0.2) is 161 Å². The van der Waals surface area contributed by atoms with E-state index in [4.69, 9.17) is 28.0 Å². The Balaban J connectivity index is 1.13. The number of oxime groups is 1. The molecular weight excluding hydrogens is 881 g/mol. The van der Waals surface area contributed by atoms with Crippen LogP contribution >= 0.6 is 39.1 Å². The smallest absolute Gasteiger partial charge is 0.313 e. The standard InChI is InChI=1S/C49H37BrCl2F2N4O3/c1-29-23-36(19-21-55-29)47(57-60)27-43(41-17-15-39(51)25-45(41)53)33-7-3-31(4-8-33)32-5-9-35(10-6-32)49(59)61-58-48(37-20-22-56-30(2)24-37)28-44(34-11-13-38(50)14-12-34)42-18-16-40(52)26-46(42)54/h3-26,43-44,47H,27-28H2,1-2H3. The topological polar surface area (TPSA) is 93.9 Å². The summed E-state index contributed by atoms with van der Waals surface area (Å²) in [5.74, 6) is -2.65. The highest BCUT2D eigenvalue weighted by atomic mass is 79.9. The van der Waals surface area contributed by atoms with Crippen molar-refractivity contribution in [1.82, 2.24) is 9.97 Å². The summed E-state index contributed by atoms with van der Waals surface area (Å²) < 4.78 is 31.8. The van der Waals surface area contributed by atoms with E-state index in [1.165, 1.54) is 12.1 Å². The van der Waals surface area contributed by atoms with Crippen molar-refractivity contribution in [3.8, 4) is 11.1 Å². The van der Waals surface area contributed by atoms with E-state index < -0.39 is 35.5 Å². The van der Waals surface area contributed by atoms with E-state index in [1.807, 2.05) is 74.5 Å². The molecule has 7 nitrogen and oxygen atoms in total. The predicted molar refractivity (Wildman–Crippen MR) is 240 cm³/mol. The number of halogens is 5. The van der Waals surface area contributed by atoms with Crippen LogP contribution in [0, 0.1) is 30.4 Å². The predicted octanol–water partition coefficient (Wildman–Crippen LogP) is 13.9. The zero-order chi connectivity index (χ0) is 43.0. The molecule has 61 heavy (non-hydrogen) atoms. The summed E-state index contributed by atoms with van der Waals surface area (Å²) >= 11 is 15.7. The minimum atomic E-state index is -0.748. The van der Waals surface area contributed by atoms with Gasteiger partial charge >= 0.3 is 5.97 Å². The summed E-state index contributed by atoms with van der Waals surface area (Å²) in [4.78, 5) is 39.8. The Morgan fingerprint density at radius 2 is 1.20 bits per heavy atom. The van der Waals surface area contributed by atoms with Gasteiger partial charge in [-0.15, -0.1) is 0 Å². The third-order valence-corrected chi connectivity index (χ3v) is 11.5. The van der Waals surface area contributed by atoms with Crippen molar-refractivity contribution >= 4 is 50.8 Å². The Bertz CT molecular complexity index is 2720. The second kappa shape index (κ2) is 19.6. The molecule has 2 heterocycles. The maximum absolute atomic E-state index is 15.5. The SMILES string of the molecule is Cc1cc(C(CC(c2ccc(Br)cc2)c2ccc(Cl)cc2F)=NOC(=O)c2ccc(-c3ccc(C(CC(N=O)c4ccnc(C)c4)c4ccc(Cl)cc4F)cc3)cc2)ccn1. The Kier molecular flexibility index (Phi) is 13.9. The summed E-state index contributed by atoms with van der Waals surface area (Å²) in [5.41, 5.74) is 7.60. The van der Waals surface area contributed by atoms with Crippen LogP contribution in [0.2, 0.25) is 10.0 Å². The van der Waals surface area contributed by atoms with Crippen LogP contribution in [-0.4, -0.2) is 21.6 Å². The summed E-state index contributed by atoms with van der Waals surface area (Å²) in [5, 5.41) is 8.34. The maximum atomic E-state index is 15.5. The lowest BCUT2D eigenvalue weighted by Gasteiger charge is -2.22. The third-order valence-electron chi connectivity index (χ3n) is 10.5. The largest absolute Gasteiger partial charge is 0.365 e. The molecule has 7 rings (SSSR count). The first-order chi connectivity index (χ1) is 29.4. The highest BCUT2D eigenvalue weighted by Crippen LogP contribution is 2.39. The van der Waals surface area contributed by atoms with Crippen molar-refractivity contribution in [3.05, 3.63) is 227 Å². The van der Waals surface area contributed by atoms with Gasteiger partial charge in [-0.05, 0) is 132 Å². The minimum absolute atomic E-state index is 0.188. The van der Waals surface area contributed by atoms with E-state index >= 15 is 8.78 Å². The van der Waals surface area contributed by atoms with Crippen LogP contribution in [0.1, 0.15) is 85.8 Å². The van der Waals surface area contributed by atoms with E-state index in [0.717, 1.165) is 38.1 Å². The molecule has 0 aliphatic heterocycles. The molecule has 0 saturated heterocycles. The molecule has 0 spiro atoms. The molecule has 3 unspecified atom stereocenters. The number of hydrogen-bond donors (Lipinski definition) is 0. The average Bonchev–Trinajstić information content (AvgIpc) is 3.25. The number of carbonyl (C=O) groups is 1. The van der Waals surface area contributed by atoms with E-state index in [0.29, 0.717) is 28.0 Å². The van der Waals surface area contributed by atoms with E-state index in [-0.39, 0.29) is 28.5 Å². The van der Waals surface area contributed by atoms with Gasteiger partial charge in [-0.1, -0.05) is 110 Å². The Morgan fingerprint density at radius 1 is 0.656 bits per heavy atom. The number of aromatic nitrogens is 2. The zero-order valence-electron chi connectivity index (χ0n) is 32.9. The molecule has 0 radical (unpaired) electrons. The average molecular weight is 919 g/mol. The summed E-state index contributed by atoms with van der Waals surface area (Å²) in [6.45, 7) is 3.68. The normalized spacial score (nSPS) is 13.0. The Hall–Kier alpha value is -5.94. The monoisotopic (exact) mass is 916 g/mol. The zero-order valence-corrected chi connectivity index (χ0v) is 36.0. The van der Waals surface area contributed by atoms with Crippen LogP contribution in [0.5, 0.6) is 0 Å². The molecule has 0 aliphatic carbocycles. The highest BCUT2D eigenvalue weighted by molar-refractivity contribution is 9.10. The molecule has 0 amide bonds. The highest BCUT2D eigenvalue weighted by Gasteiger charge is 2.26. The number of nitrogens with zero attached hydrogens (tertiary/aromatic N) is 4. The molecule has 0 fully saturated rings. The Labute approximate surface area is 370 Å². The Morgan fingerprint density at radius 3 is 1.77 bits per heavy atom. The van der Waals surface area contributed by atoms with Gasteiger partial charge in [0.1, 0.15) is 17.7 Å². The molecule has 2 aromatic heterocycles. The fourth-order valence-electron chi connectivity index (χ4n) is 7.33. The van der Waals surface area contributed by atoms with Crippen LogP contribution < -0.4 is 0 Å². The fourth-order valence-corrected chi connectivity index (χ4v) is 7.92. The first kappa shape index (κ1) is 43.2. The number of nitroso groups, excluding NO2 is 1. The summed E-state index contributed by atoms with van der Waals surface area (Å²) in [6, 6.07) is 37.6. The van der Waals surface area contributed by atoms with Crippen LogP contribution in [-0.2, 0) is 4.84 Å². The summed E-state index contributed by atoms with van der Waals surface area (Å²) in [7, 11) is 0. The molecule has 0 aliphatic rings. The molecule has 7 aromatic rings. The number of benzene rings is 5. The van der Waals surface area contributed by atoms with Crippen LogP contribution in [0.4, 0.5) is 8.78 Å². The number of aryl methyl sites for hydroxylation is 2. The lowest BCUT2D eigenvalue weighted by Crippen LogP contribution is -2.14. The van der Waals surface area contributed by atoms with Crippen molar-refractivity contribution in [2.45, 2.75) is 44.6 Å². The number of carbonyl (C=O) groups excluding carboxylic acids is 1. The van der Waals surface area contributed by atoms with Gasteiger partial charge in [0.2, 0.25) is 0 Å². The van der Waals surface area contributed by atoms with Gasteiger partial charge in [0.05, 0.1) is 11.3 Å². The van der Waals surface area contributed by atoms with Gasteiger partial charge in [0.25, 0.3) is 0 Å². The molecule has 12 heteroatoms. The quantitative estimate of drug-likeness (QED) is 0.0469. The van der Waals surface area contributed by atoms with Crippen LogP contribution in [0.3, 0.4) is 0 Å². The van der Waals surface area contributed by atoms with Crippen molar-refractivity contribution in [1.29, 1.82) is 0 Å². The fraction of sp³-hybridized carbons (Fsp3) is 0.143. The molecule has 3 atom stereocenters. The minimum Gasteiger partial charge on any atom is -0.313 e. The van der Waals surface area contributed by atoms with E-state index in [9.17, 15) is 9.70 Å². The lowest BCUT2D eigenvalue weighted by atomic mass is 9.83. The maximum Gasteiger partial charge on any atom is 0.365 e. The number of rotatable bonds is 14. The second-order valence-corrected chi connectivity index (χ2v) is 16.4. The van der Waals surface area contributed by atoms with Gasteiger partial charge in [0, 0.05) is 62.1 Å². The lowest BCUT2D eigenvalue weighted by molar-refractivity contribution is 0.0515. The van der Waals surface area contributed by atoms with E-state index in [2.05, 4.69) is 36.2 Å². The molecule has 0 N–H and O–H groups in total. The van der Waals surface area contributed by atoms with Crippen LogP contribution in [0.25, 0.3) is 11.1 Å². The first-order valence-electron chi connectivity index (χ1n) is 19.3. The van der Waals surface area contributed by atoms with Crippen molar-refractivity contribution in [2.75, 3.05) is 0 Å².